The number of hydrogen-bond donors (Lipinski definition) is 1. The first-order valence-electron chi connectivity index (χ1n) is 5.28. The summed E-state index contributed by atoms with van der Waals surface area (Å²) in [4.78, 5) is 4.27. The van der Waals surface area contributed by atoms with Crippen LogP contribution in [0.4, 0.5) is 5.13 Å². The summed E-state index contributed by atoms with van der Waals surface area (Å²) in [5, 5.41) is 2.85. The number of furan rings is 1. The lowest BCUT2D eigenvalue weighted by atomic mass is 10.1. The van der Waals surface area contributed by atoms with Crippen LogP contribution < -0.4 is 5.73 Å². The van der Waals surface area contributed by atoms with E-state index < -0.39 is 0 Å². The highest BCUT2D eigenvalue weighted by Crippen LogP contribution is 2.34. The number of nitrogens with zero attached hydrogens (tertiary/aromatic N) is 1. The van der Waals surface area contributed by atoms with Gasteiger partial charge >= 0.3 is 0 Å². The van der Waals surface area contributed by atoms with Gasteiger partial charge in [-0.3, -0.25) is 0 Å². The maximum absolute atomic E-state index is 5.79. The largest absolute Gasteiger partial charge is 0.456 e. The Morgan fingerprint density at radius 3 is 2.88 bits per heavy atom. The van der Waals surface area contributed by atoms with Gasteiger partial charge in [0.2, 0.25) is 0 Å². The quantitative estimate of drug-likeness (QED) is 0.509. The van der Waals surface area contributed by atoms with Crippen molar-refractivity contribution < 1.29 is 4.42 Å². The van der Waals surface area contributed by atoms with Gasteiger partial charge in [0.15, 0.2) is 5.13 Å². The van der Waals surface area contributed by atoms with E-state index in [1.807, 2.05) is 24.3 Å². The Morgan fingerprint density at radius 1 is 1.06 bits per heavy atom. The second-order valence-corrected chi connectivity index (χ2v) is 5.03. The van der Waals surface area contributed by atoms with Crippen molar-refractivity contribution in [3.63, 3.8) is 0 Å². The number of fused-ring (bicyclic) bond motifs is 4. The average Bonchev–Trinajstić information content (AvgIpc) is 2.84. The number of anilines is 1. The van der Waals surface area contributed by atoms with Crippen molar-refractivity contribution >= 4 is 48.6 Å². The molecule has 0 aliphatic heterocycles. The molecule has 2 heterocycles. The highest BCUT2D eigenvalue weighted by molar-refractivity contribution is 7.22. The number of hydrogen-bond acceptors (Lipinski definition) is 4. The molecule has 0 fully saturated rings. The van der Waals surface area contributed by atoms with E-state index in [-0.39, 0.29) is 0 Å². The highest BCUT2D eigenvalue weighted by atomic mass is 32.1. The maximum atomic E-state index is 5.79. The van der Waals surface area contributed by atoms with E-state index in [4.69, 9.17) is 10.2 Å². The second kappa shape index (κ2) is 2.99. The van der Waals surface area contributed by atoms with E-state index in [0.29, 0.717) is 5.13 Å². The third-order valence-corrected chi connectivity index (χ3v) is 3.75. The van der Waals surface area contributed by atoms with Gasteiger partial charge in [0, 0.05) is 16.8 Å². The molecule has 4 heteroatoms. The van der Waals surface area contributed by atoms with Crippen molar-refractivity contribution in [1.29, 1.82) is 0 Å². The maximum Gasteiger partial charge on any atom is 0.181 e. The molecule has 17 heavy (non-hydrogen) atoms. The fourth-order valence-electron chi connectivity index (χ4n) is 2.16. The molecule has 0 aliphatic rings. The molecule has 0 unspecified atom stereocenters. The van der Waals surface area contributed by atoms with Crippen LogP contribution in [0.15, 0.2) is 40.8 Å². The Bertz CT molecular complexity index is 860. The minimum Gasteiger partial charge on any atom is -0.456 e. The van der Waals surface area contributed by atoms with Crippen LogP contribution in [0.25, 0.3) is 32.2 Å². The van der Waals surface area contributed by atoms with Crippen molar-refractivity contribution in [3.05, 3.63) is 36.4 Å². The van der Waals surface area contributed by atoms with Gasteiger partial charge in [-0.05, 0) is 12.1 Å². The van der Waals surface area contributed by atoms with Gasteiger partial charge in [-0.25, -0.2) is 4.98 Å². The molecular weight excluding hydrogens is 232 g/mol. The summed E-state index contributed by atoms with van der Waals surface area (Å²) >= 11 is 1.50. The predicted molar refractivity (Wildman–Crippen MR) is 71.3 cm³/mol. The van der Waals surface area contributed by atoms with Gasteiger partial charge in [0.1, 0.15) is 11.2 Å². The Labute approximate surface area is 100 Å². The Morgan fingerprint density at radius 2 is 1.94 bits per heavy atom. The molecular formula is C13H8N2OS. The van der Waals surface area contributed by atoms with Crippen LogP contribution in [0, 0.1) is 0 Å². The Balaban J connectivity index is 2.26. The summed E-state index contributed by atoms with van der Waals surface area (Å²) in [6.07, 6.45) is 0. The number of thiazole rings is 1. The third-order valence-electron chi connectivity index (χ3n) is 2.90. The number of nitrogen functional groups attached to an aromatic ring is 1. The average molecular weight is 240 g/mol. The predicted octanol–water partition coefficient (Wildman–Crippen LogP) is 3.78. The van der Waals surface area contributed by atoms with Crippen molar-refractivity contribution in [1.82, 2.24) is 4.98 Å². The molecule has 0 saturated carbocycles. The van der Waals surface area contributed by atoms with Crippen LogP contribution in [0.5, 0.6) is 0 Å². The molecule has 0 atom stereocenters. The molecule has 4 rings (SSSR count). The molecule has 0 bridgehead atoms. The van der Waals surface area contributed by atoms with Crippen LogP contribution >= 0.6 is 11.3 Å². The molecule has 3 nitrogen and oxygen atoms in total. The molecule has 0 radical (unpaired) electrons. The molecule has 82 valence electrons. The van der Waals surface area contributed by atoms with Crippen LogP contribution in [-0.2, 0) is 0 Å². The van der Waals surface area contributed by atoms with E-state index in [1.165, 1.54) is 11.3 Å². The van der Waals surface area contributed by atoms with E-state index in [9.17, 15) is 0 Å². The lowest BCUT2D eigenvalue weighted by Gasteiger charge is -1.88. The van der Waals surface area contributed by atoms with Crippen LogP contribution in [0.3, 0.4) is 0 Å². The molecule has 0 aliphatic carbocycles. The number of aromatic nitrogens is 1. The third kappa shape index (κ3) is 1.18. The molecule has 0 saturated heterocycles. The van der Waals surface area contributed by atoms with Gasteiger partial charge < -0.3 is 10.2 Å². The van der Waals surface area contributed by atoms with Gasteiger partial charge in [-0.15, -0.1) is 0 Å². The first kappa shape index (κ1) is 9.01. The van der Waals surface area contributed by atoms with E-state index in [1.54, 1.807) is 0 Å². The highest BCUT2D eigenvalue weighted by Gasteiger charge is 2.09. The van der Waals surface area contributed by atoms with Crippen LogP contribution in [0.1, 0.15) is 0 Å². The first-order valence-corrected chi connectivity index (χ1v) is 6.10. The molecule has 0 spiro atoms. The molecule has 2 aromatic carbocycles. The molecule has 0 amide bonds. The van der Waals surface area contributed by atoms with Gasteiger partial charge in [-0.2, -0.15) is 0 Å². The second-order valence-electron chi connectivity index (χ2n) is 3.97. The number of nitrogens with two attached hydrogens (primary N) is 1. The summed E-state index contributed by atoms with van der Waals surface area (Å²) in [5.41, 5.74) is 8.39. The number of benzene rings is 2. The standard InChI is InChI=1S/C13H8N2OS/c14-13-15-9-6-11-8(5-12(9)17-13)7-3-1-2-4-10(7)16-11/h1-6H,(H2,14,15). The van der Waals surface area contributed by atoms with E-state index in [0.717, 1.165) is 32.2 Å². The van der Waals surface area contributed by atoms with Gasteiger partial charge in [-0.1, -0.05) is 29.5 Å². The molecule has 2 N–H and O–H groups in total. The lowest BCUT2D eigenvalue weighted by Crippen LogP contribution is -1.78. The van der Waals surface area contributed by atoms with Gasteiger partial charge in [0.05, 0.1) is 10.2 Å². The zero-order chi connectivity index (χ0) is 11.4. The number of para-hydroxylation sites is 1. The lowest BCUT2D eigenvalue weighted by molar-refractivity contribution is 0.669. The first-order chi connectivity index (χ1) is 8.31. The van der Waals surface area contributed by atoms with Crippen molar-refractivity contribution in [3.8, 4) is 0 Å². The zero-order valence-corrected chi connectivity index (χ0v) is 9.62. The monoisotopic (exact) mass is 240 g/mol. The fourth-order valence-corrected chi connectivity index (χ4v) is 2.92. The zero-order valence-electron chi connectivity index (χ0n) is 8.81. The minimum absolute atomic E-state index is 0.594. The van der Waals surface area contributed by atoms with Crippen LogP contribution in [0.2, 0.25) is 0 Å². The molecule has 4 aromatic rings. The summed E-state index contributed by atoms with van der Waals surface area (Å²) in [6.45, 7) is 0. The number of rotatable bonds is 0. The van der Waals surface area contributed by atoms with Crippen molar-refractivity contribution in [2.75, 3.05) is 5.73 Å². The summed E-state index contributed by atoms with van der Waals surface area (Å²) in [5.74, 6) is 0. The smallest absolute Gasteiger partial charge is 0.181 e. The summed E-state index contributed by atoms with van der Waals surface area (Å²) in [7, 11) is 0. The topological polar surface area (TPSA) is 52.0 Å². The summed E-state index contributed by atoms with van der Waals surface area (Å²) < 4.78 is 6.89. The Hall–Kier alpha value is -2.07. The van der Waals surface area contributed by atoms with Crippen LogP contribution in [-0.4, -0.2) is 4.98 Å². The normalized spacial score (nSPS) is 11.8. The SMILES string of the molecule is Nc1nc2cc3oc4ccccc4c3cc2s1. The molecule has 2 aromatic heterocycles. The van der Waals surface area contributed by atoms with Crippen molar-refractivity contribution in [2.24, 2.45) is 0 Å². The van der Waals surface area contributed by atoms with Gasteiger partial charge in [0.25, 0.3) is 0 Å². The fraction of sp³-hybridized carbons (Fsp3) is 0. The summed E-state index contributed by atoms with van der Waals surface area (Å²) in [6, 6.07) is 12.1. The van der Waals surface area contributed by atoms with E-state index >= 15 is 0 Å². The minimum atomic E-state index is 0.594. The van der Waals surface area contributed by atoms with E-state index in [2.05, 4.69) is 17.1 Å². The Kier molecular flexibility index (Phi) is 1.58. The van der Waals surface area contributed by atoms with Crippen molar-refractivity contribution in [2.45, 2.75) is 0 Å².